The van der Waals surface area contributed by atoms with Crippen LogP contribution in [0.1, 0.15) is 31.7 Å². The molecule has 0 heterocycles. The standard InChI is InChI=1S/C16H23NO5/c1-2-3-10-21-11-9-14(15(18)19)17-16(20)22-12-13-7-5-4-6-8-13/h4-8,14H,2-3,9-12H2,1H3,(H,17,20)(H,18,19). The quantitative estimate of drug-likeness (QED) is 0.649. The van der Waals surface area contributed by atoms with E-state index < -0.39 is 18.1 Å². The Morgan fingerprint density at radius 2 is 1.95 bits per heavy atom. The van der Waals surface area contributed by atoms with Gasteiger partial charge in [-0.25, -0.2) is 9.59 Å². The monoisotopic (exact) mass is 309 g/mol. The second-order valence-electron chi connectivity index (χ2n) is 4.85. The van der Waals surface area contributed by atoms with Crippen LogP contribution in [0.3, 0.4) is 0 Å². The molecule has 0 bridgehead atoms. The van der Waals surface area contributed by atoms with Crippen molar-refractivity contribution >= 4 is 12.1 Å². The van der Waals surface area contributed by atoms with E-state index in [-0.39, 0.29) is 19.6 Å². The Kier molecular flexibility index (Phi) is 8.67. The van der Waals surface area contributed by atoms with Gasteiger partial charge in [-0.05, 0) is 12.0 Å². The zero-order chi connectivity index (χ0) is 16.2. The van der Waals surface area contributed by atoms with Gasteiger partial charge in [0.05, 0.1) is 0 Å². The topological polar surface area (TPSA) is 84.9 Å². The van der Waals surface area contributed by atoms with E-state index in [1.807, 2.05) is 37.3 Å². The van der Waals surface area contributed by atoms with Crippen molar-refractivity contribution in [1.82, 2.24) is 5.32 Å². The van der Waals surface area contributed by atoms with Gasteiger partial charge in [0.25, 0.3) is 0 Å². The van der Waals surface area contributed by atoms with Crippen molar-refractivity contribution in [2.75, 3.05) is 13.2 Å². The summed E-state index contributed by atoms with van der Waals surface area (Å²) in [4.78, 5) is 22.7. The van der Waals surface area contributed by atoms with Gasteiger partial charge in [0, 0.05) is 19.6 Å². The number of carbonyl (C=O) groups is 2. The van der Waals surface area contributed by atoms with Gasteiger partial charge in [-0.15, -0.1) is 0 Å². The smallest absolute Gasteiger partial charge is 0.408 e. The summed E-state index contributed by atoms with van der Waals surface area (Å²) in [5.41, 5.74) is 0.840. The number of alkyl carbamates (subject to hydrolysis) is 1. The number of benzene rings is 1. The minimum atomic E-state index is -1.10. The largest absolute Gasteiger partial charge is 0.480 e. The number of aliphatic carboxylic acids is 1. The first kappa shape index (κ1) is 18.0. The highest BCUT2D eigenvalue weighted by Crippen LogP contribution is 2.02. The summed E-state index contributed by atoms with van der Waals surface area (Å²) in [5.74, 6) is -1.10. The van der Waals surface area contributed by atoms with Crippen LogP contribution in [0, 0.1) is 0 Å². The lowest BCUT2D eigenvalue weighted by molar-refractivity contribution is -0.139. The summed E-state index contributed by atoms with van der Waals surface area (Å²) < 4.78 is 10.3. The van der Waals surface area contributed by atoms with E-state index >= 15 is 0 Å². The van der Waals surface area contributed by atoms with E-state index in [1.54, 1.807) is 0 Å². The van der Waals surface area contributed by atoms with Gasteiger partial charge < -0.3 is 19.9 Å². The van der Waals surface area contributed by atoms with Crippen LogP contribution in [-0.4, -0.2) is 36.4 Å². The molecule has 0 aliphatic rings. The second kappa shape index (κ2) is 10.6. The normalized spacial score (nSPS) is 11.7. The predicted octanol–water partition coefficient (Wildman–Crippen LogP) is 2.57. The Balaban J connectivity index is 2.29. The van der Waals surface area contributed by atoms with Crippen LogP contribution < -0.4 is 5.32 Å². The van der Waals surface area contributed by atoms with Gasteiger partial charge in [0.2, 0.25) is 0 Å². The fourth-order valence-corrected chi connectivity index (χ4v) is 1.71. The fourth-order valence-electron chi connectivity index (χ4n) is 1.71. The second-order valence-corrected chi connectivity index (χ2v) is 4.85. The maximum atomic E-state index is 11.6. The lowest BCUT2D eigenvalue weighted by atomic mass is 10.2. The Hall–Kier alpha value is -2.08. The lowest BCUT2D eigenvalue weighted by Gasteiger charge is -2.14. The molecule has 0 radical (unpaired) electrons. The van der Waals surface area contributed by atoms with E-state index in [2.05, 4.69) is 5.32 Å². The summed E-state index contributed by atoms with van der Waals surface area (Å²) in [6.07, 6.45) is 1.42. The van der Waals surface area contributed by atoms with Crippen molar-refractivity contribution in [1.29, 1.82) is 0 Å². The van der Waals surface area contributed by atoms with Crippen molar-refractivity contribution in [2.24, 2.45) is 0 Å². The van der Waals surface area contributed by atoms with E-state index in [0.717, 1.165) is 18.4 Å². The van der Waals surface area contributed by atoms with Crippen LogP contribution in [0.5, 0.6) is 0 Å². The minimum absolute atomic E-state index is 0.103. The van der Waals surface area contributed by atoms with Crippen molar-refractivity contribution < 1.29 is 24.2 Å². The number of carboxylic acids is 1. The van der Waals surface area contributed by atoms with Crippen LogP contribution in [0.2, 0.25) is 0 Å². The third-order valence-corrected chi connectivity index (χ3v) is 3.00. The van der Waals surface area contributed by atoms with Gasteiger partial charge in [-0.1, -0.05) is 43.7 Å². The molecule has 6 nitrogen and oxygen atoms in total. The molecule has 1 amide bonds. The van der Waals surface area contributed by atoms with Gasteiger partial charge in [-0.3, -0.25) is 0 Å². The van der Waals surface area contributed by atoms with E-state index in [9.17, 15) is 9.59 Å². The molecule has 2 N–H and O–H groups in total. The van der Waals surface area contributed by atoms with E-state index in [0.29, 0.717) is 6.61 Å². The summed E-state index contributed by atoms with van der Waals surface area (Å²) in [6, 6.07) is 8.18. The SMILES string of the molecule is CCCCOCCC(NC(=O)OCc1ccccc1)C(=O)O. The molecule has 1 atom stereocenters. The molecule has 0 spiro atoms. The van der Waals surface area contributed by atoms with Crippen LogP contribution in [0.4, 0.5) is 4.79 Å². The molecule has 1 aromatic carbocycles. The number of nitrogens with one attached hydrogen (secondary N) is 1. The Morgan fingerprint density at radius 1 is 1.23 bits per heavy atom. The van der Waals surface area contributed by atoms with Crippen molar-refractivity contribution in [2.45, 2.75) is 38.8 Å². The van der Waals surface area contributed by atoms with Crippen LogP contribution in [-0.2, 0) is 20.9 Å². The maximum Gasteiger partial charge on any atom is 0.408 e. The minimum Gasteiger partial charge on any atom is -0.480 e. The average Bonchev–Trinajstić information content (AvgIpc) is 2.52. The average molecular weight is 309 g/mol. The van der Waals surface area contributed by atoms with E-state index in [1.165, 1.54) is 0 Å². The summed E-state index contributed by atoms with van der Waals surface area (Å²) in [5, 5.41) is 11.4. The number of amides is 1. The summed E-state index contributed by atoms with van der Waals surface area (Å²) in [7, 11) is 0. The predicted molar refractivity (Wildman–Crippen MR) is 81.5 cm³/mol. The third kappa shape index (κ3) is 7.64. The summed E-state index contributed by atoms with van der Waals surface area (Å²) >= 11 is 0. The Morgan fingerprint density at radius 3 is 2.59 bits per heavy atom. The van der Waals surface area contributed by atoms with Gasteiger partial charge >= 0.3 is 12.1 Å². The highest BCUT2D eigenvalue weighted by Gasteiger charge is 2.20. The van der Waals surface area contributed by atoms with Gasteiger partial charge in [0.15, 0.2) is 0 Å². The molecular weight excluding hydrogens is 286 g/mol. The van der Waals surface area contributed by atoms with Crippen LogP contribution in [0.15, 0.2) is 30.3 Å². The van der Waals surface area contributed by atoms with Crippen molar-refractivity contribution in [3.05, 3.63) is 35.9 Å². The molecule has 0 fully saturated rings. The van der Waals surface area contributed by atoms with E-state index in [4.69, 9.17) is 14.6 Å². The molecule has 0 aliphatic heterocycles. The number of rotatable bonds is 10. The number of hydrogen-bond donors (Lipinski definition) is 2. The molecule has 0 saturated carbocycles. The number of unbranched alkanes of at least 4 members (excludes halogenated alkanes) is 1. The first-order valence-corrected chi connectivity index (χ1v) is 7.41. The molecule has 1 aromatic rings. The van der Waals surface area contributed by atoms with Gasteiger partial charge in [-0.2, -0.15) is 0 Å². The Bertz CT molecular complexity index is 449. The third-order valence-electron chi connectivity index (χ3n) is 3.00. The first-order valence-electron chi connectivity index (χ1n) is 7.41. The fraction of sp³-hybridized carbons (Fsp3) is 0.500. The zero-order valence-electron chi connectivity index (χ0n) is 12.8. The lowest BCUT2D eigenvalue weighted by Crippen LogP contribution is -2.41. The van der Waals surface area contributed by atoms with Crippen LogP contribution >= 0.6 is 0 Å². The van der Waals surface area contributed by atoms with Crippen LogP contribution in [0.25, 0.3) is 0 Å². The summed E-state index contributed by atoms with van der Waals surface area (Å²) in [6.45, 7) is 3.04. The van der Waals surface area contributed by atoms with Crippen molar-refractivity contribution in [3.8, 4) is 0 Å². The number of ether oxygens (including phenoxy) is 2. The molecular formula is C16H23NO5. The number of carboxylic acid groups (broad SMARTS) is 1. The molecule has 6 heteroatoms. The molecule has 22 heavy (non-hydrogen) atoms. The molecule has 1 rings (SSSR count). The highest BCUT2D eigenvalue weighted by atomic mass is 16.5. The van der Waals surface area contributed by atoms with Crippen molar-refractivity contribution in [3.63, 3.8) is 0 Å². The Labute approximate surface area is 130 Å². The molecule has 0 aromatic heterocycles. The number of carbonyl (C=O) groups excluding carboxylic acids is 1. The molecule has 122 valence electrons. The van der Waals surface area contributed by atoms with Gasteiger partial charge in [0.1, 0.15) is 12.6 Å². The molecule has 1 unspecified atom stereocenters. The zero-order valence-corrected chi connectivity index (χ0v) is 12.8. The molecule has 0 aliphatic carbocycles. The first-order chi connectivity index (χ1) is 10.6. The highest BCUT2D eigenvalue weighted by molar-refractivity contribution is 5.79. The molecule has 0 saturated heterocycles. The maximum absolute atomic E-state index is 11.6. The number of hydrogen-bond acceptors (Lipinski definition) is 4.